The van der Waals surface area contributed by atoms with Crippen molar-refractivity contribution in [2.24, 2.45) is 0 Å². The maximum atomic E-state index is 9.49. The molecule has 0 spiro atoms. The highest BCUT2D eigenvalue weighted by Crippen LogP contribution is 2.29. The fourth-order valence-electron chi connectivity index (χ4n) is 3.30. The lowest BCUT2D eigenvalue weighted by molar-refractivity contribution is 0.0991. The molecule has 30 heavy (non-hydrogen) atoms. The average Bonchev–Trinajstić information content (AvgIpc) is 3.24. The van der Waals surface area contributed by atoms with E-state index in [9.17, 15) is 5.11 Å². The molecular formula is C23H24N4O3. The minimum atomic E-state index is -0.0175. The minimum Gasteiger partial charge on any atom is -0.394 e. The number of benzene rings is 2. The van der Waals surface area contributed by atoms with Gasteiger partial charge in [-0.25, -0.2) is 4.98 Å². The van der Waals surface area contributed by atoms with Gasteiger partial charge in [0, 0.05) is 23.7 Å². The molecule has 0 atom stereocenters. The minimum absolute atomic E-state index is 0.00702. The lowest BCUT2D eigenvalue weighted by Crippen LogP contribution is -2.14. The van der Waals surface area contributed by atoms with E-state index in [0.29, 0.717) is 19.8 Å². The van der Waals surface area contributed by atoms with E-state index < -0.39 is 0 Å². The molecule has 0 unspecified atom stereocenters. The van der Waals surface area contributed by atoms with Crippen molar-refractivity contribution < 1.29 is 14.9 Å². The number of ether oxygens (including phenoxy) is 1. The van der Waals surface area contributed by atoms with E-state index in [-0.39, 0.29) is 13.2 Å². The molecular weight excluding hydrogens is 380 g/mol. The highest BCUT2D eigenvalue weighted by Gasteiger charge is 2.14. The number of aromatic nitrogens is 3. The highest BCUT2D eigenvalue weighted by molar-refractivity contribution is 5.80. The third-order valence-corrected chi connectivity index (χ3v) is 4.75. The third kappa shape index (κ3) is 4.33. The SMILES string of the molecule is OCCOCCNc1cc(-c2ccccc2)nc2c(-c3cccc(CO)c3)cnn12. The molecule has 0 radical (unpaired) electrons. The van der Waals surface area contributed by atoms with Crippen molar-refractivity contribution in [1.82, 2.24) is 14.6 Å². The van der Waals surface area contributed by atoms with Crippen LogP contribution in [-0.4, -0.2) is 51.2 Å². The summed E-state index contributed by atoms with van der Waals surface area (Å²) < 4.78 is 7.13. The molecule has 4 aromatic rings. The molecule has 4 rings (SSSR count). The Hall–Kier alpha value is -3.26. The Morgan fingerprint density at radius 1 is 0.933 bits per heavy atom. The quantitative estimate of drug-likeness (QED) is 0.372. The van der Waals surface area contributed by atoms with Crippen LogP contribution >= 0.6 is 0 Å². The molecule has 7 heteroatoms. The Bertz CT molecular complexity index is 1110. The predicted molar refractivity (Wildman–Crippen MR) is 116 cm³/mol. The third-order valence-electron chi connectivity index (χ3n) is 4.75. The normalized spacial score (nSPS) is 11.1. The first kappa shape index (κ1) is 20.0. The molecule has 7 nitrogen and oxygen atoms in total. The number of nitrogens with one attached hydrogen (secondary N) is 1. The van der Waals surface area contributed by atoms with Crippen LogP contribution in [-0.2, 0) is 11.3 Å². The first-order chi connectivity index (χ1) is 14.8. The lowest BCUT2D eigenvalue weighted by atomic mass is 10.1. The zero-order valence-electron chi connectivity index (χ0n) is 16.5. The fraction of sp³-hybridized carbons (Fsp3) is 0.217. The molecule has 0 amide bonds. The van der Waals surface area contributed by atoms with Gasteiger partial charge in [0.05, 0.1) is 38.3 Å². The van der Waals surface area contributed by atoms with Crippen molar-refractivity contribution in [2.75, 3.05) is 31.7 Å². The van der Waals surface area contributed by atoms with Crippen LogP contribution in [0.2, 0.25) is 0 Å². The van der Waals surface area contributed by atoms with Crippen LogP contribution in [0.4, 0.5) is 5.82 Å². The second-order valence-electron chi connectivity index (χ2n) is 6.81. The first-order valence-corrected chi connectivity index (χ1v) is 9.87. The first-order valence-electron chi connectivity index (χ1n) is 9.87. The summed E-state index contributed by atoms with van der Waals surface area (Å²) in [4.78, 5) is 4.89. The van der Waals surface area contributed by atoms with E-state index in [1.807, 2.05) is 60.7 Å². The summed E-state index contributed by atoms with van der Waals surface area (Å²) >= 11 is 0. The van der Waals surface area contributed by atoms with Crippen molar-refractivity contribution in [3.8, 4) is 22.4 Å². The number of hydrogen-bond donors (Lipinski definition) is 3. The molecule has 154 valence electrons. The molecule has 2 aromatic heterocycles. The van der Waals surface area contributed by atoms with E-state index in [1.54, 1.807) is 10.7 Å². The molecule has 0 fully saturated rings. The van der Waals surface area contributed by atoms with Crippen molar-refractivity contribution in [2.45, 2.75) is 6.61 Å². The standard InChI is InChI=1S/C23H24N4O3/c28-10-12-30-11-9-24-22-14-21(18-6-2-1-3-7-18)26-23-20(15-25-27(22)23)19-8-4-5-17(13-19)16-29/h1-8,13-15,24,28-29H,9-12,16H2. The monoisotopic (exact) mass is 404 g/mol. The molecule has 0 bridgehead atoms. The Morgan fingerprint density at radius 3 is 2.57 bits per heavy atom. The van der Waals surface area contributed by atoms with Crippen LogP contribution in [0.25, 0.3) is 28.0 Å². The van der Waals surface area contributed by atoms with E-state index in [2.05, 4.69) is 10.4 Å². The van der Waals surface area contributed by atoms with E-state index in [4.69, 9.17) is 14.8 Å². The summed E-state index contributed by atoms with van der Waals surface area (Å²) in [5.41, 5.74) is 5.25. The zero-order chi connectivity index (χ0) is 20.8. The van der Waals surface area contributed by atoms with Gasteiger partial charge in [-0.1, -0.05) is 48.5 Å². The van der Waals surface area contributed by atoms with Crippen LogP contribution in [0.3, 0.4) is 0 Å². The largest absolute Gasteiger partial charge is 0.394 e. The summed E-state index contributed by atoms with van der Waals surface area (Å²) in [6.45, 7) is 1.35. The van der Waals surface area contributed by atoms with Gasteiger partial charge < -0.3 is 20.3 Å². The van der Waals surface area contributed by atoms with Gasteiger partial charge in [0.25, 0.3) is 0 Å². The van der Waals surface area contributed by atoms with Gasteiger partial charge in [-0.2, -0.15) is 9.61 Å². The number of anilines is 1. The molecule has 3 N–H and O–H groups in total. The van der Waals surface area contributed by atoms with Gasteiger partial charge in [0.1, 0.15) is 5.82 Å². The maximum Gasteiger partial charge on any atom is 0.165 e. The molecule has 0 saturated carbocycles. The van der Waals surface area contributed by atoms with Gasteiger partial charge in [0.2, 0.25) is 0 Å². The molecule has 2 aromatic carbocycles. The summed E-state index contributed by atoms with van der Waals surface area (Å²) in [5.74, 6) is 0.802. The van der Waals surface area contributed by atoms with Gasteiger partial charge in [-0.3, -0.25) is 0 Å². The smallest absolute Gasteiger partial charge is 0.165 e. The van der Waals surface area contributed by atoms with Crippen molar-refractivity contribution in [3.05, 3.63) is 72.4 Å². The Kier molecular flexibility index (Phi) is 6.34. The number of aliphatic hydroxyl groups excluding tert-OH is 2. The van der Waals surface area contributed by atoms with Crippen molar-refractivity contribution in [1.29, 1.82) is 0 Å². The number of hydrogen-bond acceptors (Lipinski definition) is 6. The zero-order valence-corrected chi connectivity index (χ0v) is 16.5. The predicted octanol–water partition coefficient (Wildman–Crippen LogP) is 2.98. The van der Waals surface area contributed by atoms with Gasteiger partial charge in [-0.05, 0) is 17.2 Å². The molecule has 2 heterocycles. The topological polar surface area (TPSA) is 91.9 Å². The van der Waals surface area contributed by atoms with Gasteiger partial charge in [0.15, 0.2) is 5.65 Å². The summed E-state index contributed by atoms with van der Waals surface area (Å²) in [6.07, 6.45) is 1.79. The van der Waals surface area contributed by atoms with Crippen LogP contribution in [0.5, 0.6) is 0 Å². The average molecular weight is 404 g/mol. The summed E-state index contributed by atoms with van der Waals surface area (Å²) in [7, 11) is 0. The van der Waals surface area contributed by atoms with Crippen LogP contribution in [0, 0.1) is 0 Å². The Balaban J connectivity index is 1.76. The second-order valence-corrected chi connectivity index (χ2v) is 6.81. The Labute approximate surface area is 174 Å². The molecule has 0 saturated heterocycles. The number of aliphatic hydroxyl groups is 2. The molecule has 0 aliphatic rings. The van der Waals surface area contributed by atoms with Gasteiger partial charge >= 0.3 is 0 Å². The van der Waals surface area contributed by atoms with Crippen LogP contribution < -0.4 is 5.32 Å². The van der Waals surface area contributed by atoms with E-state index >= 15 is 0 Å². The lowest BCUT2D eigenvalue weighted by Gasteiger charge is -2.12. The second kappa shape index (κ2) is 9.49. The molecule has 0 aliphatic heterocycles. The maximum absolute atomic E-state index is 9.49. The number of rotatable bonds is 9. The summed E-state index contributed by atoms with van der Waals surface area (Å²) in [6, 6.07) is 19.7. The van der Waals surface area contributed by atoms with E-state index in [1.165, 1.54) is 0 Å². The molecule has 0 aliphatic carbocycles. The van der Waals surface area contributed by atoms with Crippen molar-refractivity contribution in [3.63, 3.8) is 0 Å². The van der Waals surface area contributed by atoms with Crippen LogP contribution in [0.15, 0.2) is 66.9 Å². The fourth-order valence-corrected chi connectivity index (χ4v) is 3.30. The number of fused-ring (bicyclic) bond motifs is 1. The van der Waals surface area contributed by atoms with E-state index in [0.717, 1.165) is 39.4 Å². The van der Waals surface area contributed by atoms with Crippen molar-refractivity contribution >= 4 is 11.5 Å². The van der Waals surface area contributed by atoms with Gasteiger partial charge in [-0.15, -0.1) is 0 Å². The van der Waals surface area contributed by atoms with Crippen LogP contribution in [0.1, 0.15) is 5.56 Å². The number of nitrogens with zero attached hydrogens (tertiary/aromatic N) is 3. The summed E-state index contributed by atoms with van der Waals surface area (Å²) in [5, 5.41) is 26.3. The Morgan fingerprint density at radius 2 is 1.77 bits per heavy atom. The highest BCUT2D eigenvalue weighted by atomic mass is 16.5.